The third-order valence-corrected chi connectivity index (χ3v) is 4.22. The molecule has 2 heterocycles. The summed E-state index contributed by atoms with van der Waals surface area (Å²) in [4.78, 5) is 12.1. The SMILES string of the molecule is Cc1ccc2c(c1C)OCC2NC(=O)C1CC(F)(F)CN1. The number of nitrogens with one attached hydrogen (secondary N) is 2. The summed E-state index contributed by atoms with van der Waals surface area (Å²) in [7, 11) is 0. The van der Waals surface area contributed by atoms with E-state index in [0.717, 1.165) is 22.4 Å². The number of ether oxygens (including phenoxy) is 1. The minimum atomic E-state index is -2.81. The molecule has 0 aromatic heterocycles. The zero-order valence-corrected chi connectivity index (χ0v) is 12.0. The molecule has 0 radical (unpaired) electrons. The summed E-state index contributed by atoms with van der Waals surface area (Å²) in [6.07, 6.45) is -0.452. The average molecular weight is 296 g/mol. The number of carbonyl (C=O) groups excluding carboxylic acids is 1. The molecule has 0 aliphatic carbocycles. The van der Waals surface area contributed by atoms with Gasteiger partial charge >= 0.3 is 0 Å². The van der Waals surface area contributed by atoms with Crippen LogP contribution in [0.1, 0.15) is 29.2 Å². The standard InChI is InChI=1S/C15H18F2N2O2/c1-8-3-4-10-12(6-21-13(10)9(8)2)19-14(20)11-5-15(16,17)7-18-11/h3-4,11-12,18H,5-7H2,1-2H3,(H,19,20). The highest BCUT2D eigenvalue weighted by Crippen LogP contribution is 2.37. The molecule has 1 fully saturated rings. The summed E-state index contributed by atoms with van der Waals surface area (Å²) in [5.74, 6) is -2.41. The van der Waals surface area contributed by atoms with Gasteiger partial charge in [-0.15, -0.1) is 0 Å². The number of halogens is 2. The number of fused-ring (bicyclic) bond motifs is 1. The molecule has 1 saturated heterocycles. The summed E-state index contributed by atoms with van der Waals surface area (Å²) < 4.78 is 31.9. The lowest BCUT2D eigenvalue weighted by Crippen LogP contribution is -2.42. The quantitative estimate of drug-likeness (QED) is 0.876. The monoisotopic (exact) mass is 296 g/mol. The van der Waals surface area contributed by atoms with Gasteiger partial charge in [0.15, 0.2) is 0 Å². The van der Waals surface area contributed by atoms with Crippen LogP contribution in [0.2, 0.25) is 0 Å². The van der Waals surface area contributed by atoms with Gasteiger partial charge in [0.2, 0.25) is 5.91 Å². The first kappa shape index (κ1) is 14.3. The molecule has 2 aliphatic rings. The van der Waals surface area contributed by atoms with Gasteiger partial charge in [-0.1, -0.05) is 12.1 Å². The fourth-order valence-corrected chi connectivity index (χ4v) is 2.83. The molecule has 2 atom stereocenters. The molecular weight excluding hydrogens is 278 g/mol. The van der Waals surface area contributed by atoms with Gasteiger partial charge < -0.3 is 10.1 Å². The van der Waals surface area contributed by atoms with Crippen LogP contribution in [0.5, 0.6) is 5.75 Å². The van der Waals surface area contributed by atoms with Crippen molar-refractivity contribution in [3.8, 4) is 5.75 Å². The van der Waals surface area contributed by atoms with Crippen molar-refractivity contribution in [1.29, 1.82) is 0 Å². The molecule has 2 unspecified atom stereocenters. The van der Waals surface area contributed by atoms with Gasteiger partial charge in [0.05, 0.1) is 18.6 Å². The lowest BCUT2D eigenvalue weighted by molar-refractivity contribution is -0.124. The van der Waals surface area contributed by atoms with Gasteiger partial charge in [-0.05, 0) is 25.0 Å². The molecule has 0 saturated carbocycles. The Morgan fingerprint density at radius 2 is 2.19 bits per heavy atom. The molecule has 1 amide bonds. The fourth-order valence-electron chi connectivity index (χ4n) is 2.83. The summed E-state index contributed by atoms with van der Waals surface area (Å²) in [6, 6.07) is 2.79. The summed E-state index contributed by atoms with van der Waals surface area (Å²) in [6.45, 7) is 3.86. The summed E-state index contributed by atoms with van der Waals surface area (Å²) >= 11 is 0. The van der Waals surface area contributed by atoms with Crippen molar-refractivity contribution < 1.29 is 18.3 Å². The molecule has 1 aromatic rings. The number of benzene rings is 1. The lowest BCUT2D eigenvalue weighted by Gasteiger charge is -2.16. The Morgan fingerprint density at radius 1 is 1.43 bits per heavy atom. The van der Waals surface area contributed by atoms with Crippen molar-refractivity contribution in [2.75, 3.05) is 13.2 Å². The Kier molecular flexibility index (Phi) is 3.36. The van der Waals surface area contributed by atoms with E-state index < -0.39 is 30.8 Å². The van der Waals surface area contributed by atoms with Crippen molar-refractivity contribution >= 4 is 5.91 Å². The van der Waals surface area contributed by atoms with E-state index in [1.165, 1.54) is 0 Å². The zero-order chi connectivity index (χ0) is 15.2. The third kappa shape index (κ3) is 2.60. The molecule has 0 bridgehead atoms. The van der Waals surface area contributed by atoms with Crippen LogP contribution in [0.15, 0.2) is 12.1 Å². The maximum Gasteiger partial charge on any atom is 0.262 e. The normalized spacial score (nSPS) is 26.3. The second kappa shape index (κ2) is 4.94. The van der Waals surface area contributed by atoms with Crippen molar-refractivity contribution in [1.82, 2.24) is 10.6 Å². The fraction of sp³-hybridized carbons (Fsp3) is 0.533. The number of alkyl halides is 2. The number of rotatable bonds is 2. The highest BCUT2D eigenvalue weighted by molar-refractivity contribution is 5.83. The Labute approximate surface area is 121 Å². The molecule has 114 valence electrons. The van der Waals surface area contributed by atoms with Gasteiger partial charge in [-0.25, -0.2) is 8.78 Å². The van der Waals surface area contributed by atoms with Gasteiger partial charge in [-0.3, -0.25) is 10.1 Å². The Morgan fingerprint density at radius 3 is 2.86 bits per heavy atom. The smallest absolute Gasteiger partial charge is 0.262 e. The molecule has 4 nitrogen and oxygen atoms in total. The Hall–Kier alpha value is -1.69. The van der Waals surface area contributed by atoms with Crippen LogP contribution in [0, 0.1) is 13.8 Å². The molecule has 3 rings (SSSR count). The topological polar surface area (TPSA) is 50.4 Å². The molecule has 21 heavy (non-hydrogen) atoms. The molecule has 6 heteroatoms. The van der Waals surface area contributed by atoms with Gasteiger partial charge in [0.1, 0.15) is 12.4 Å². The van der Waals surface area contributed by atoms with E-state index in [9.17, 15) is 13.6 Å². The van der Waals surface area contributed by atoms with Crippen LogP contribution >= 0.6 is 0 Å². The molecular formula is C15H18F2N2O2. The van der Waals surface area contributed by atoms with Crippen LogP contribution in [0.25, 0.3) is 0 Å². The number of amides is 1. The average Bonchev–Trinajstić information content (AvgIpc) is 2.98. The van der Waals surface area contributed by atoms with E-state index >= 15 is 0 Å². The number of carbonyl (C=O) groups is 1. The lowest BCUT2D eigenvalue weighted by atomic mass is 10.0. The second-order valence-corrected chi connectivity index (χ2v) is 5.79. The minimum Gasteiger partial charge on any atom is -0.490 e. The largest absolute Gasteiger partial charge is 0.490 e. The molecule has 2 N–H and O–H groups in total. The van der Waals surface area contributed by atoms with E-state index in [2.05, 4.69) is 10.6 Å². The first-order valence-corrected chi connectivity index (χ1v) is 7.02. The van der Waals surface area contributed by atoms with Crippen LogP contribution in [-0.2, 0) is 4.79 Å². The molecule has 2 aliphatic heterocycles. The van der Waals surface area contributed by atoms with E-state index in [-0.39, 0.29) is 6.04 Å². The predicted molar refractivity (Wildman–Crippen MR) is 73.6 cm³/mol. The van der Waals surface area contributed by atoms with Crippen LogP contribution in [0.3, 0.4) is 0 Å². The second-order valence-electron chi connectivity index (χ2n) is 5.79. The van der Waals surface area contributed by atoms with Crippen molar-refractivity contribution in [3.05, 3.63) is 28.8 Å². The van der Waals surface area contributed by atoms with Crippen LogP contribution in [0.4, 0.5) is 8.78 Å². The van der Waals surface area contributed by atoms with Gasteiger partial charge in [0, 0.05) is 12.0 Å². The maximum atomic E-state index is 13.1. The highest BCUT2D eigenvalue weighted by atomic mass is 19.3. The van der Waals surface area contributed by atoms with Gasteiger partial charge in [0.25, 0.3) is 5.92 Å². The van der Waals surface area contributed by atoms with Crippen molar-refractivity contribution in [2.45, 2.75) is 38.3 Å². The molecule has 1 aromatic carbocycles. The molecule has 0 spiro atoms. The maximum absolute atomic E-state index is 13.1. The van der Waals surface area contributed by atoms with E-state index in [0.29, 0.717) is 6.61 Å². The van der Waals surface area contributed by atoms with E-state index in [1.807, 2.05) is 26.0 Å². The number of aryl methyl sites for hydroxylation is 1. The van der Waals surface area contributed by atoms with E-state index in [1.54, 1.807) is 0 Å². The summed E-state index contributed by atoms with van der Waals surface area (Å²) in [5.41, 5.74) is 3.09. The van der Waals surface area contributed by atoms with Crippen LogP contribution in [-0.4, -0.2) is 31.0 Å². The summed E-state index contributed by atoms with van der Waals surface area (Å²) in [5, 5.41) is 5.36. The predicted octanol–water partition coefficient (Wildman–Crippen LogP) is 1.85. The number of hydrogen-bond donors (Lipinski definition) is 2. The van der Waals surface area contributed by atoms with Crippen molar-refractivity contribution in [3.63, 3.8) is 0 Å². The first-order valence-electron chi connectivity index (χ1n) is 7.02. The first-order chi connectivity index (χ1) is 9.87. The Balaban J connectivity index is 1.71. The minimum absolute atomic E-state index is 0.275. The highest BCUT2D eigenvalue weighted by Gasteiger charge is 2.43. The number of hydrogen-bond acceptors (Lipinski definition) is 3. The Bertz CT molecular complexity index is 589. The van der Waals surface area contributed by atoms with Gasteiger partial charge in [-0.2, -0.15) is 0 Å². The third-order valence-electron chi connectivity index (χ3n) is 4.22. The zero-order valence-electron chi connectivity index (χ0n) is 12.0. The van der Waals surface area contributed by atoms with Crippen molar-refractivity contribution in [2.24, 2.45) is 0 Å². The van der Waals surface area contributed by atoms with E-state index in [4.69, 9.17) is 4.74 Å². The van der Waals surface area contributed by atoms with Crippen LogP contribution < -0.4 is 15.4 Å².